The second-order valence-corrected chi connectivity index (χ2v) is 6.03. The zero-order chi connectivity index (χ0) is 13.4. The van der Waals surface area contributed by atoms with Gasteiger partial charge in [-0.2, -0.15) is 0 Å². The van der Waals surface area contributed by atoms with E-state index in [2.05, 4.69) is 26.2 Å². The molecule has 0 radical (unpaired) electrons. The first-order valence-corrected chi connectivity index (χ1v) is 7.23. The predicted octanol–water partition coefficient (Wildman–Crippen LogP) is 2.25. The number of halogens is 1. The molecule has 5 heteroatoms. The maximum Gasteiger partial charge on any atom is 0.267 e. The van der Waals surface area contributed by atoms with Crippen molar-refractivity contribution in [3.8, 4) is 0 Å². The van der Waals surface area contributed by atoms with Gasteiger partial charge in [0.05, 0.1) is 0 Å². The molecule has 0 unspecified atom stereocenters. The number of H-pyrrole nitrogens is 1. The molecule has 0 bridgehead atoms. The number of hydrogen-bond donors (Lipinski definition) is 3. The molecule has 1 aliphatic carbocycles. The normalized spacial score (nSPS) is 21.6. The number of nitrogens with two attached hydrogens (primary N) is 1. The molecule has 1 amide bonds. The molecule has 4 nitrogen and oxygen atoms in total. The van der Waals surface area contributed by atoms with Crippen molar-refractivity contribution in [3.63, 3.8) is 0 Å². The number of fused-ring (bicyclic) bond motifs is 1. The number of amides is 1. The maximum absolute atomic E-state index is 12.0. The van der Waals surface area contributed by atoms with Crippen LogP contribution in [-0.2, 0) is 0 Å². The van der Waals surface area contributed by atoms with Crippen LogP contribution in [0.3, 0.4) is 0 Å². The van der Waals surface area contributed by atoms with Crippen LogP contribution in [0.4, 0.5) is 0 Å². The molecule has 3 rings (SSSR count). The lowest BCUT2D eigenvalue weighted by atomic mass is 10.2. The lowest BCUT2D eigenvalue weighted by Gasteiger charge is -2.02. The van der Waals surface area contributed by atoms with E-state index in [-0.39, 0.29) is 5.91 Å². The van der Waals surface area contributed by atoms with Crippen LogP contribution in [0.2, 0.25) is 0 Å². The van der Waals surface area contributed by atoms with Gasteiger partial charge in [-0.15, -0.1) is 0 Å². The molecular formula is C14H16BrN3O. The van der Waals surface area contributed by atoms with Crippen LogP contribution in [0, 0.1) is 11.8 Å². The Morgan fingerprint density at radius 3 is 3.00 bits per heavy atom. The average molecular weight is 322 g/mol. The largest absolute Gasteiger partial charge is 0.351 e. The predicted molar refractivity (Wildman–Crippen MR) is 79.0 cm³/mol. The van der Waals surface area contributed by atoms with Gasteiger partial charge in [0.25, 0.3) is 5.91 Å². The van der Waals surface area contributed by atoms with Gasteiger partial charge in [0.15, 0.2) is 0 Å². The van der Waals surface area contributed by atoms with Crippen molar-refractivity contribution in [2.24, 2.45) is 17.6 Å². The van der Waals surface area contributed by atoms with Gasteiger partial charge in [0.1, 0.15) is 5.69 Å². The van der Waals surface area contributed by atoms with Gasteiger partial charge < -0.3 is 16.0 Å². The third-order valence-electron chi connectivity index (χ3n) is 3.72. The SMILES string of the molecule is NC[C@@H]1C[C@H]1CNC(=O)c1cc2cc(Br)ccc2[nH]1. The standard InChI is InChI=1S/C14H16BrN3O/c15-11-1-2-12-8(4-11)5-13(18-12)14(19)17-7-10-3-9(10)6-16/h1-2,4-5,9-10,18H,3,6-7,16H2,(H,17,19)/t9-,10-/m0/s1. The van der Waals surface area contributed by atoms with Crippen LogP contribution >= 0.6 is 15.9 Å². The Balaban J connectivity index is 1.68. The lowest BCUT2D eigenvalue weighted by Crippen LogP contribution is -2.26. The number of carbonyl (C=O) groups excluding carboxylic acids is 1. The van der Waals surface area contributed by atoms with Gasteiger partial charge >= 0.3 is 0 Å². The van der Waals surface area contributed by atoms with Crippen LogP contribution in [0.1, 0.15) is 16.9 Å². The zero-order valence-corrected chi connectivity index (χ0v) is 12.0. The molecule has 0 saturated heterocycles. The van der Waals surface area contributed by atoms with Crippen LogP contribution < -0.4 is 11.1 Å². The molecule has 1 saturated carbocycles. The Hall–Kier alpha value is -1.33. The second-order valence-electron chi connectivity index (χ2n) is 5.12. The van der Waals surface area contributed by atoms with E-state index in [0.717, 1.165) is 34.9 Å². The number of benzene rings is 1. The van der Waals surface area contributed by atoms with Crippen molar-refractivity contribution < 1.29 is 4.79 Å². The molecule has 2 aromatic rings. The molecule has 0 spiro atoms. The van der Waals surface area contributed by atoms with Crippen molar-refractivity contribution in [2.75, 3.05) is 13.1 Å². The smallest absolute Gasteiger partial charge is 0.267 e. The molecule has 1 heterocycles. The fourth-order valence-electron chi connectivity index (χ4n) is 2.39. The minimum absolute atomic E-state index is 0.0463. The quantitative estimate of drug-likeness (QED) is 0.808. The number of rotatable bonds is 4. The van der Waals surface area contributed by atoms with Gasteiger partial charge in [-0.3, -0.25) is 4.79 Å². The fourth-order valence-corrected chi connectivity index (χ4v) is 2.77. The molecule has 4 N–H and O–H groups in total. The van der Waals surface area contributed by atoms with Crippen LogP contribution in [0.25, 0.3) is 10.9 Å². The summed E-state index contributed by atoms with van der Waals surface area (Å²) in [5, 5.41) is 4.00. The highest BCUT2D eigenvalue weighted by atomic mass is 79.9. The second kappa shape index (κ2) is 4.98. The lowest BCUT2D eigenvalue weighted by molar-refractivity contribution is 0.0947. The van der Waals surface area contributed by atoms with E-state index < -0.39 is 0 Å². The highest BCUT2D eigenvalue weighted by Crippen LogP contribution is 2.36. The third kappa shape index (κ3) is 2.67. The van der Waals surface area contributed by atoms with Crippen molar-refractivity contribution in [3.05, 3.63) is 34.4 Å². The van der Waals surface area contributed by atoms with Crippen LogP contribution in [0.5, 0.6) is 0 Å². The molecule has 100 valence electrons. The Kier molecular flexibility index (Phi) is 3.33. The van der Waals surface area contributed by atoms with E-state index in [9.17, 15) is 4.79 Å². The first-order valence-electron chi connectivity index (χ1n) is 6.44. The van der Waals surface area contributed by atoms with E-state index in [1.165, 1.54) is 0 Å². The van der Waals surface area contributed by atoms with E-state index in [1.54, 1.807) is 0 Å². The van der Waals surface area contributed by atoms with E-state index in [1.807, 2.05) is 24.3 Å². The molecule has 2 atom stereocenters. The molecule has 1 aromatic heterocycles. The fraction of sp³-hybridized carbons (Fsp3) is 0.357. The summed E-state index contributed by atoms with van der Waals surface area (Å²) < 4.78 is 1.01. The highest BCUT2D eigenvalue weighted by Gasteiger charge is 2.35. The first-order chi connectivity index (χ1) is 9.17. The summed E-state index contributed by atoms with van der Waals surface area (Å²) in [4.78, 5) is 15.2. The van der Waals surface area contributed by atoms with Crippen molar-refractivity contribution in [1.82, 2.24) is 10.3 Å². The topological polar surface area (TPSA) is 70.9 Å². The van der Waals surface area contributed by atoms with Crippen molar-refractivity contribution >= 4 is 32.7 Å². The molecule has 19 heavy (non-hydrogen) atoms. The average Bonchev–Trinajstić information content (AvgIpc) is 3.04. The minimum Gasteiger partial charge on any atom is -0.351 e. The van der Waals surface area contributed by atoms with E-state index in [4.69, 9.17) is 5.73 Å². The van der Waals surface area contributed by atoms with E-state index >= 15 is 0 Å². The summed E-state index contributed by atoms with van der Waals surface area (Å²) in [6.45, 7) is 1.45. The Bertz CT molecular complexity index is 622. The summed E-state index contributed by atoms with van der Waals surface area (Å²) in [5.41, 5.74) is 7.16. The zero-order valence-electron chi connectivity index (χ0n) is 10.4. The Morgan fingerprint density at radius 1 is 1.42 bits per heavy atom. The summed E-state index contributed by atoms with van der Waals surface area (Å²) in [7, 11) is 0. The van der Waals surface area contributed by atoms with Crippen molar-refractivity contribution in [1.29, 1.82) is 0 Å². The minimum atomic E-state index is -0.0463. The van der Waals surface area contributed by atoms with Gasteiger partial charge in [-0.25, -0.2) is 0 Å². The molecule has 1 fully saturated rings. The van der Waals surface area contributed by atoms with Crippen LogP contribution in [0.15, 0.2) is 28.7 Å². The number of aromatic amines is 1. The van der Waals surface area contributed by atoms with Gasteiger partial charge in [0, 0.05) is 21.9 Å². The number of aromatic nitrogens is 1. The first kappa shape index (κ1) is 12.7. The molecule has 0 aliphatic heterocycles. The summed E-state index contributed by atoms with van der Waals surface area (Å²) in [5.74, 6) is 1.11. The van der Waals surface area contributed by atoms with Gasteiger partial charge in [0.2, 0.25) is 0 Å². The number of hydrogen-bond acceptors (Lipinski definition) is 2. The summed E-state index contributed by atoms with van der Waals surface area (Å²) in [6.07, 6.45) is 1.14. The molecule has 1 aliphatic rings. The maximum atomic E-state index is 12.0. The summed E-state index contributed by atoms with van der Waals surface area (Å²) in [6, 6.07) is 7.79. The number of nitrogens with one attached hydrogen (secondary N) is 2. The van der Waals surface area contributed by atoms with Crippen molar-refractivity contribution in [2.45, 2.75) is 6.42 Å². The highest BCUT2D eigenvalue weighted by molar-refractivity contribution is 9.10. The Morgan fingerprint density at radius 2 is 2.26 bits per heavy atom. The van der Waals surface area contributed by atoms with Crippen LogP contribution in [-0.4, -0.2) is 24.0 Å². The van der Waals surface area contributed by atoms with Gasteiger partial charge in [-0.1, -0.05) is 15.9 Å². The number of carbonyl (C=O) groups is 1. The van der Waals surface area contributed by atoms with Gasteiger partial charge in [-0.05, 0) is 49.1 Å². The molecular weight excluding hydrogens is 306 g/mol. The Labute approximate surface area is 119 Å². The third-order valence-corrected chi connectivity index (χ3v) is 4.22. The summed E-state index contributed by atoms with van der Waals surface area (Å²) >= 11 is 3.42. The molecule has 1 aromatic carbocycles. The van der Waals surface area contributed by atoms with E-state index in [0.29, 0.717) is 17.5 Å². The monoisotopic (exact) mass is 321 g/mol.